The number of halogens is 3. The summed E-state index contributed by atoms with van der Waals surface area (Å²) in [6.07, 6.45) is -4.33. The molecule has 8 heteroatoms. The Labute approximate surface area is 152 Å². The van der Waals surface area contributed by atoms with Crippen LogP contribution in [0.1, 0.15) is 18.1 Å². The summed E-state index contributed by atoms with van der Waals surface area (Å²) in [6.45, 7) is 7.60. The van der Waals surface area contributed by atoms with E-state index < -0.39 is 11.7 Å². The van der Waals surface area contributed by atoms with Crippen LogP contribution in [0, 0.1) is 5.92 Å². The van der Waals surface area contributed by atoms with Gasteiger partial charge in [-0.25, -0.2) is 0 Å². The molecule has 0 aromatic heterocycles. The molecule has 1 aliphatic rings. The SMILES string of the molecule is CN=C(NCc1cccc(C(F)(F)F)c1)NCC(C)CN1CCOCC1. The van der Waals surface area contributed by atoms with Crippen molar-refractivity contribution in [1.82, 2.24) is 15.5 Å². The molecule has 0 bridgehead atoms. The topological polar surface area (TPSA) is 48.9 Å². The molecule has 1 saturated heterocycles. The highest BCUT2D eigenvalue weighted by Gasteiger charge is 2.30. The first kappa shape index (κ1) is 20.5. The molecule has 0 saturated carbocycles. The zero-order chi connectivity index (χ0) is 19.0. The van der Waals surface area contributed by atoms with Gasteiger partial charge in [0.1, 0.15) is 0 Å². The lowest BCUT2D eigenvalue weighted by Crippen LogP contribution is -2.43. The van der Waals surface area contributed by atoms with Crippen LogP contribution in [0.15, 0.2) is 29.3 Å². The molecule has 1 aromatic rings. The van der Waals surface area contributed by atoms with Gasteiger partial charge in [0.2, 0.25) is 0 Å². The highest BCUT2D eigenvalue weighted by molar-refractivity contribution is 5.79. The minimum Gasteiger partial charge on any atom is -0.379 e. The zero-order valence-corrected chi connectivity index (χ0v) is 15.3. The fourth-order valence-electron chi connectivity index (χ4n) is 2.82. The Morgan fingerprint density at radius 2 is 2.00 bits per heavy atom. The third kappa shape index (κ3) is 6.84. The highest BCUT2D eigenvalue weighted by atomic mass is 19.4. The summed E-state index contributed by atoms with van der Waals surface area (Å²) in [6, 6.07) is 5.31. The normalized spacial score (nSPS) is 17.8. The number of nitrogens with one attached hydrogen (secondary N) is 2. The van der Waals surface area contributed by atoms with E-state index in [1.165, 1.54) is 6.07 Å². The molecule has 1 aliphatic heterocycles. The number of benzene rings is 1. The van der Waals surface area contributed by atoms with E-state index in [4.69, 9.17) is 4.74 Å². The van der Waals surface area contributed by atoms with E-state index in [1.807, 2.05) is 0 Å². The average molecular weight is 372 g/mol. The molecule has 1 atom stereocenters. The molecule has 0 aliphatic carbocycles. The van der Waals surface area contributed by atoms with Crippen LogP contribution in [0.5, 0.6) is 0 Å². The second kappa shape index (κ2) is 9.78. The lowest BCUT2D eigenvalue weighted by molar-refractivity contribution is -0.137. The Kier molecular flexibility index (Phi) is 7.71. The van der Waals surface area contributed by atoms with Crippen LogP contribution >= 0.6 is 0 Å². The second-order valence-corrected chi connectivity index (χ2v) is 6.52. The molecule has 1 unspecified atom stereocenters. The van der Waals surface area contributed by atoms with Crippen LogP contribution in [0.3, 0.4) is 0 Å². The Bertz CT molecular complexity index is 586. The van der Waals surface area contributed by atoms with Gasteiger partial charge in [0, 0.05) is 39.8 Å². The fraction of sp³-hybridized carbons (Fsp3) is 0.611. The molecular weight excluding hydrogens is 345 g/mol. The maximum Gasteiger partial charge on any atom is 0.416 e. The summed E-state index contributed by atoms with van der Waals surface area (Å²) < 4.78 is 43.6. The lowest BCUT2D eigenvalue weighted by Gasteiger charge is -2.29. The van der Waals surface area contributed by atoms with Crippen molar-refractivity contribution in [2.45, 2.75) is 19.6 Å². The molecule has 1 fully saturated rings. The van der Waals surface area contributed by atoms with Gasteiger partial charge >= 0.3 is 6.18 Å². The number of ether oxygens (including phenoxy) is 1. The Hall–Kier alpha value is -1.80. The first-order chi connectivity index (χ1) is 12.4. The van der Waals surface area contributed by atoms with E-state index in [9.17, 15) is 13.2 Å². The van der Waals surface area contributed by atoms with Gasteiger partial charge in [-0.3, -0.25) is 9.89 Å². The van der Waals surface area contributed by atoms with Crippen LogP contribution < -0.4 is 10.6 Å². The minimum absolute atomic E-state index is 0.279. The summed E-state index contributed by atoms with van der Waals surface area (Å²) in [5.41, 5.74) is -0.0805. The van der Waals surface area contributed by atoms with E-state index in [0.29, 0.717) is 17.4 Å². The van der Waals surface area contributed by atoms with Crippen LogP contribution in [0.25, 0.3) is 0 Å². The van der Waals surface area contributed by atoms with Crippen molar-refractivity contribution in [3.05, 3.63) is 35.4 Å². The van der Waals surface area contributed by atoms with Crippen LogP contribution in [0.4, 0.5) is 13.2 Å². The van der Waals surface area contributed by atoms with E-state index >= 15 is 0 Å². The smallest absolute Gasteiger partial charge is 0.379 e. The summed E-state index contributed by atoms with van der Waals surface area (Å²) in [5.74, 6) is 0.997. The van der Waals surface area contributed by atoms with Crippen molar-refractivity contribution < 1.29 is 17.9 Å². The third-order valence-electron chi connectivity index (χ3n) is 4.23. The molecule has 0 spiro atoms. The molecule has 2 N–H and O–H groups in total. The van der Waals surface area contributed by atoms with E-state index in [2.05, 4.69) is 27.4 Å². The van der Waals surface area contributed by atoms with E-state index in [0.717, 1.165) is 51.5 Å². The molecule has 26 heavy (non-hydrogen) atoms. The number of rotatable bonds is 6. The first-order valence-electron chi connectivity index (χ1n) is 8.79. The third-order valence-corrected chi connectivity index (χ3v) is 4.23. The molecule has 0 amide bonds. The number of morpholine rings is 1. The number of aliphatic imine (C=N–C) groups is 1. The van der Waals surface area contributed by atoms with Gasteiger partial charge in [-0.1, -0.05) is 19.1 Å². The van der Waals surface area contributed by atoms with Crippen LogP contribution in [0.2, 0.25) is 0 Å². The van der Waals surface area contributed by atoms with Crippen LogP contribution in [-0.4, -0.2) is 57.3 Å². The van der Waals surface area contributed by atoms with Crippen LogP contribution in [-0.2, 0) is 17.5 Å². The minimum atomic E-state index is -4.33. The van der Waals surface area contributed by atoms with Gasteiger partial charge in [0.25, 0.3) is 0 Å². The molecule has 2 rings (SSSR count). The van der Waals surface area contributed by atoms with E-state index in [-0.39, 0.29) is 6.54 Å². The maximum absolute atomic E-state index is 12.8. The Balaban J connectivity index is 1.77. The standard InChI is InChI=1S/C18H27F3N4O/c1-14(13-25-6-8-26-9-7-25)11-23-17(22-2)24-12-15-4-3-5-16(10-15)18(19,20)21/h3-5,10,14H,6-9,11-13H2,1-2H3,(H2,22,23,24). The van der Waals surface area contributed by atoms with Gasteiger partial charge in [-0.15, -0.1) is 0 Å². The Morgan fingerprint density at radius 1 is 1.27 bits per heavy atom. The van der Waals surface area contributed by atoms with Gasteiger partial charge in [0.05, 0.1) is 18.8 Å². The second-order valence-electron chi connectivity index (χ2n) is 6.52. The molecule has 146 valence electrons. The predicted molar refractivity (Wildman–Crippen MR) is 96.1 cm³/mol. The first-order valence-corrected chi connectivity index (χ1v) is 8.79. The monoisotopic (exact) mass is 372 g/mol. The lowest BCUT2D eigenvalue weighted by atomic mass is 10.1. The quantitative estimate of drug-likeness (QED) is 0.595. The molecule has 5 nitrogen and oxygen atoms in total. The van der Waals surface area contributed by atoms with Crippen molar-refractivity contribution >= 4 is 5.96 Å². The van der Waals surface area contributed by atoms with Gasteiger partial charge in [-0.2, -0.15) is 13.2 Å². The number of hydrogen-bond donors (Lipinski definition) is 2. The summed E-state index contributed by atoms with van der Waals surface area (Å²) >= 11 is 0. The average Bonchev–Trinajstić information content (AvgIpc) is 2.62. The van der Waals surface area contributed by atoms with Crippen molar-refractivity contribution in [3.63, 3.8) is 0 Å². The van der Waals surface area contributed by atoms with Crippen molar-refractivity contribution in [1.29, 1.82) is 0 Å². The molecule has 0 radical (unpaired) electrons. The number of alkyl halides is 3. The van der Waals surface area contributed by atoms with Crippen molar-refractivity contribution in [2.24, 2.45) is 10.9 Å². The number of hydrogen-bond acceptors (Lipinski definition) is 3. The molecule has 1 aromatic carbocycles. The van der Waals surface area contributed by atoms with Gasteiger partial charge in [-0.05, 0) is 23.6 Å². The summed E-state index contributed by atoms with van der Waals surface area (Å²) in [7, 11) is 1.65. The number of nitrogens with zero attached hydrogens (tertiary/aromatic N) is 2. The summed E-state index contributed by atoms with van der Waals surface area (Å²) in [5, 5.41) is 6.29. The summed E-state index contributed by atoms with van der Waals surface area (Å²) in [4.78, 5) is 6.50. The van der Waals surface area contributed by atoms with Gasteiger partial charge in [0.15, 0.2) is 5.96 Å². The number of guanidine groups is 1. The molecule has 1 heterocycles. The molecular formula is C18H27F3N4O. The zero-order valence-electron chi connectivity index (χ0n) is 15.3. The fourth-order valence-corrected chi connectivity index (χ4v) is 2.82. The maximum atomic E-state index is 12.8. The largest absolute Gasteiger partial charge is 0.416 e. The Morgan fingerprint density at radius 3 is 2.65 bits per heavy atom. The van der Waals surface area contributed by atoms with E-state index in [1.54, 1.807) is 13.1 Å². The predicted octanol–water partition coefficient (Wildman–Crippen LogP) is 2.34. The van der Waals surface area contributed by atoms with Crippen molar-refractivity contribution in [3.8, 4) is 0 Å². The van der Waals surface area contributed by atoms with Crippen molar-refractivity contribution in [2.75, 3.05) is 46.4 Å². The van der Waals surface area contributed by atoms with Gasteiger partial charge < -0.3 is 15.4 Å². The highest BCUT2D eigenvalue weighted by Crippen LogP contribution is 2.29.